The van der Waals surface area contributed by atoms with Crippen molar-refractivity contribution >= 4 is 17.7 Å². The summed E-state index contributed by atoms with van der Waals surface area (Å²) in [4.78, 5) is 41.0. The molecule has 0 aromatic carbocycles. The van der Waals surface area contributed by atoms with Gasteiger partial charge in [-0.3, -0.25) is 14.5 Å². The number of carbonyl (C=O) groups excluding carboxylic acids is 3. The Labute approximate surface area is 176 Å². The molecule has 3 fully saturated rings. The quantitative estimate of drug-likeness (QED) is 0.641. The van der Waals surface area contributed by atoms with E-state index in [0.717, 1.165) is 37.8 Å². The van der Waals surface area contributed by atoms with Gasteiger partial charge in [-0.05, 0) is 70.1 Å². The molecule has 5 atom stereocenters. The predicted octanol–water partition coefficient (Wildman–Crippen LogP) is 2.44. The summed E-state index contributed by atoms with van der Waals surface area (Å²) in [6.45, 7) is 6.20. The number of methoxy groups -OCH3 is 1. The van der Waals surface area contributed by atoms with E-state index in [9.17, 15) is 14.4 Å². The molecule has 0 saturated carbocycles. The smallest absolute Gasteiger partial charge is 0.338 e. The Bertz CT molecular complexity index is 919. The fraction of sp³-hybridized carbons (Fsp3) is 0.696. The van der Waals surface area contributed by atoms with Crippen LogP contribution in [0.1, 0.15) is 59.3 Å². The number of nitrogens with zero attached hydrogens (tertiary/aromatic N) is 1. The van der Waals surface area contributed by atoms with Crippen molar-refractivity contribution in [1.29, 1.82) is 0 Å². The first-order valence-corrected chi connectivity index (χ1v) is 11.0. The minimum absolute atomic E-state index is 0.000268. The van der Waals surface area contributed by atoms with Gasteiger partial charge in [0.1, 0.15) is 6.10 Å². The molecule has 0 amide bonds. The van der Waals surface area contributed by atoms with E-state index in [-0.39, 0.29) is 29.8 Å². The summed E-state index contributed by atoms with van der Waals surface area (Å²) in [5, 5.41) is 0. The number of ketones is 1. The molecule has 30 heavy (non-hydrogen) atoms. The van der Waals surface area contributed by atoms with Gasteiger partial charge < -0.3 is 14.2 Å². The van der Waals surface area contributed by atoms with Crippen LogP contribution in [0.25, 0.3) is 0 Å². The summed E-state index contributed by atoms with van der Waals surface area (Å²) >= 11 is 0. The molecule has 3 unspecified atom stereocenters. The highest BCUT2D eigenvalue weighted by Crippen LogP contribution is 2.62. The highest BCUT2D eigenvalue weighted by molar-refractivity contribution is 6.14. The first kappa shape index (κ1) is 19.8. The molecule has 5 rings (SSSR count). The second-order valence-corrected chi connectivity index (χ2v) is 9.39. The zero-order chi connectivity index (χ0) is 21.4. The summed E-state index contributed by atoms with van der Waals surface area (Å²) in [5.74, 6) is -0.576. The molecular weight excluding hydrogens is 386 g/mol. The molecule has 4 heterocycles. The molecule has 2 spiro atoms. The number of esters is 2. The number of carbonyl (C=O) groups is 3. The van der Waals surface area contributed by atoms with Gasteiger partial charge in [0.15, 0.2) is 5.76 Å². The third-order valence-electron chi connectivity index (χ3n) is 8.06. The first-order valence-electron chi connectivity index (χ1n) is 11.0. The van der Waals surface area contributed by atoms with Crippen LogP contribution in [0, 0.1) is 5.92 Å². The maximum absolute atomic E-state index is 13.8. The summed E-state index contributed by atoms with van der Waals surface area (Å²) < 4.78 is 17.5. The Morgan fingerprint density at radius 3 is 2.57 bits per heavy atom. The fourth-order valence-corrected chi connectivity index (χ4v) is 6.81. The van der Waals surface area contributed by atoms with Crippen LogP contribution in [0.3, 0.4) is 0 Å². The van der Waals surface area contributed by atoms with Crippen molar-refractivity contribution < 1.29 is 28.6 Å². The summed E-state index contributed by atoms with van der Waals surface area (Å²) in [6.07, 6.45) is 4.69. The number of ether oxygens (including phenoxy) is 3. The average molecular weight is 415 g/mol. The van der Waals surface area contributed by atoms with E-state index in [1.807, 2.05) is 13.8 Å². The van der Waals surface area contributed by atoms with E-state index in [1.165, 1.54) is 7.11 Å². The summed E-state index contributed by atoms with van der Waals surface area (Å²) in [5.41, 5.74) is -0.0942. The number of hydrogen-bond donors (Lipinski definition) is 0. The lowest BCUT2D eigenvalue weighted by Gasteiger charge is -2.48. The van der Waals surface area contributed by atoms with E-state index in [0.29, 0.717) is 29.7 Å². The summed E-state index contributed by atoms with van der Waals surface area (Å²) in [7, 11) is 1.51. The number of cyclic esters (lactones) is 1. The molecular formula is C23H29NO6. The van der Waals surface area contributed by atoms with Crippen LogP contribution in [0.2, 0.25) is 0 Å². The number of Topliss-reactive ketones (excluding diaryl/α,β-unsaturated/α-hetero) is 1. The van der Waals surface area contributed by atoms with Gasteiger partial charge in [0.25, 0.3) is 5.60 Å². The summed E-state index contributed by atoms with van der Waals surface area (Å²) in [6, 6.07) is 0.000268. The van der Waals surface area contributed by atoms with Gasteiger partial charge in [-0.15, -0.1) is 0 Å². The highest BCUT2D eigenvalue weighted by atomic mass is 16.6. The zero-order valence-corrected chi connectivity index (χ0v) is 18.1. The molecule has 7 nitrogen and oxygen atoms in total. The van der Waals surface area contributed by atoms with E-state index in [2.05, 4.69) is 4.90 Å². The molecule has 0 aromatic heterocycles. The van der Waals surface area contributed by atoms with Crippen LogP contribution in [0.5, 0.6) is 0 Å². The Morgan fingerprint density at radius 2 is 1.90 bits per heavy atom. The molecule has 0 radical (unpaired) electrons. The first-order chi connectivity index (χ1) is 14.3. The molecule has 0 aromatic rings. The minimum Gasteiger partial charge on any atom is -0.496 e. The van der Waals surface area contributed by atoms with Crippen LogP contribution < -0.4 is 0 Å². The van der Waals surface area contributed by atoms with Gasteiger partial charge >= 0.3 is 11.9 Å². The van der Waals surface area contributed by atoms with Crippen LogP contribution >= 0.6 is 0 Å². The zero-order valence-electron chi connectivity index (χ0n) is 18.1. The van der Waals surface area contributed by atoms with E-state index < -0.39 is 17.1 Å². The van der Waals surface area contributed by atoms with Crippen molar-refractivity contribution in [3.8, 4) is 0 Å². The van der Waals surface area contributed by atoms with E-state index in [1.54, 1.807) is 6.92 Å². The van der Waals surface area contributed by atoms with Gasteiger partial charge in [-0.25, -0.2) is 4.79 Å². The minimum atomic E-state index is -1.46. The van der Waals surface area contributed by atoms with Crippen molar-refractivity contribution in [2.24, 2.45) is 5.92 Å². The fourth-order valence-electron chi connectivity index (χ4n) is 6.81. The Hall–Kier alpha value is -2.15. The third-order valence-corrected chi connectivity index (χ3v) is 8.06. The Balaban J connectivity index is 1.69. The van der Waals surface area contributed by atoms with Gasteiger partial charge in [0.2, 0.25) is 5.78 Å². The topological polar surface area (TPSA) is 82.1 Å². The molecule has 5 aliphatic rings. The Morgan fingerprint density at radius 1 is 1.13 bits per heavy atom. The maximum Gasteiger partial charge on any atom is 0.338 e. The van der Waals surface area contributed by atoms with Crippen LogP contribution in [0.15, 0.2) is 22.5 Å². The monoisotopic (exact) mass is 415 g/mol. The van der Waals surface area contributed by atoms with E-state index >= 15 is 0 Å². The van der Waals surface area contributed by atoms with Crippen molar-refractivity contribution in [3.05, 3.63) is 22.5 Å². The molecule has 1 aliphatic carbocycles. The maximum atomic E-state index is 13.8. The Kier molecular flexibility index (Phi) is 4.24. The SMILES string of the molecule is COC1=C(C)C(=O)O[C@]12C(=O)C(C)=C1CCCCN3C(C4CC(C)C(=O)O4)CC[C@]132. The number of rotatable bonds is 2. The van der Waals surface area contributed by atoms with E-state index in [4.69, 9.17) is 14.2 Å². The van der Waals surface area contributed by atoms with Crippen molar-refractivity contribution in [1.82, 2.24) is 4.90 Å². The molecule has 162 valence electrons. The lowest BCUT2D eigenvalue weighted by Crippen LogP contribution is -2.66. The van der Waals surface area contributed by atoms with Crippen LogP contribution in [-0.2, 0) is 28.6 Å². The lowest BCUT2D eigenvalue weighted by molar-refractivity contribution is -0.168. The largest absolute Gasteiger partial charge is 0.496 e. The van der Waals surface area contributed by atoms with Gasteiger partial charge in [0.05, 0.1) is 24.1 Å². The second-order valence-electron chi connectivity index (χ2n) is 9.39. The van der Waals surface area contributed by atoms with Gasteiger partial charge in [-0.2, -0.15) is 0 Å². The molecule has 0 N–H and O–H groups in total. The normalized spacial score (nSPS) is 41.3. The lowest BCUT2D eigenvalue weighted by atomic mass is 9.73. The third kappa shape index (κ3) is 2.12. The average Bonchev–Trinajstić information content (AvgIpc) is 3.33. The van der Waals surface area contributed by atoms with Gasteiger partial charge in [0, 0.05) is 6.04 Å². The van der Waals surface area contributed by atoms with Crippen molar-refractivity contribution in [3.63, 3.8) is 0 Å². The van der Waals surface area contributed by atoms with Crippen LogP contribution in [-0.4, -0.2) is 59.6 Å². The molecule has 4 aliphatic heterocycles. The van der Waals surface area contributed by atoms with Crippen molar-refractivity contribution in [2.75, 3.05) is 13.7 Å². The predicted molar refractivity (Wildman–Crippen MR) is 106 cm³/mol. The standard InChI is InChI=1S/C23H29NO6/c1-12-11-17(29-20(12)26)16-8-9-22-15(7-5-6-10-24(16)22)13(2)18(25)23(22)19(28-4)14(3)21(27)30-23/h12,16-17H,5-11H2,1-4H3/t12?,16?,17?,22-,23-/m1/s1. The molecule has 0 bridgehead atoms. The second kappa shape index (κ2) is 6.42. The number of hydrogen-bond acceptors (Lipinski definition) is 7. The molecule has 7 heteroatoms. The van der Waals surface area contributed by atoms with Crippen molar-refractivity contribution in [2.45, 2.75) is 82.6 Å². The van der Waals surface area contributed by atoms with Gasteiger partial charge in [-0.1, -0.05) is 6.92 Å². The molecule has 3 saturated heterocycles. The van der Waals surface area contributed by atoms with Crippen LogP contribution in [0.4, 0.5) is 0 Å². The highest BCUT2D eigenvalue weighted by Gasteiger charge is 2.76.